The van der Waals surface area contributed by atoms with E-state index in [0.29, 0.717) is 6.42 Å². The van der Waals surface area contributed by atoms with E-state index in [0.717, 1.165) is 0 Å². The largest absolute Gasteiger partial charge is 0.390 e. The summed E-state index contributed by atoms with van der Waals surface area (Å²) in [6, 6.07) is 0. The first-order valence-corrected chi connectivity index (χ1v) is 10.2. The van der Waals surface area contributed by atoms with E-state index in [9.17, 15) is 30.0 Å². The van der Waals surface area contributed by atoms with Crippen LogP contribution >= 0.6 is 0 Å². The maximum absolute atomic E-state index is 16.9. The summed E-state index contributed by atoms with van der Waals surface area (Å²) in [6.45, 7) is 4.14. The van der Waals surface area contributed by atoms with Crippen molar-refractivity contribution in [3.8, 4) is 0 Å². The summed E-state index contributed by atoms with van der Waals surface area (Å²) in [6.07, 6.45) is 1.56. The number of allylic oxidation sites excluding steroid dienone is 3. The van der Waals surface area contributed by atoms with E-state index in [2.05, 4.69) is 0 Å². The molecule has 3 fully saturated rings. The fraction of sp³-hybridized carbons (Fsp3) is 0.727. The Labute approximate surface area is 169 Å². The number of hydrogen-bond donors (Lipinski definition) is 4. The summed E-state index contributed by atoms with van der Waals surface area (Å²) < 4.78 is 16.9. The molecular weight excluding hydrogens is 379 g/mol. The van der Waals surface area contributed by atoms with E-state index < -0.39 is 64.5 Å². The van der Waals surface area contributed by atoms with Gasteiger partial charge in [0.15, 0.2) is 17.2 Å². The van der Waals surface area contributed by atoms with Gasteiger partial charge in [-0.05, 0) is 55.7 Å². The number of rotatable bonds is 2. The van der Waals surface area contributed by atoms with Crippen molar-refractivity contribution in [2.24, 2.45) is 28.6 Å². The second kappa shape index (κ2) is 6.06. The zero-order valence-corrected chi connectivity index (χ0v) is 16.9. The molecule has 4 rings (SSSR count). The first-order chi connectivity index (χ1) is 13.4. The summed E-state index contributed by atoms with van der Waals surface area (Å²) in [7, 11) is 0. The molecule has 29 heavy (non-hydrogen) atoms. The van der Waals surface area contributed by atoms with Gasteiger partial charge in [-0.2, -0.15) is 0 Å². The average molecular weight is 408 g/mol. The Morgan fingerprint density at radius 3 is 2.52 bits per heavy atom. The number of hydrogen-bond acceptors (Lipinski definition) is 6. The number of aliphatic hydroxyl groups excluding tert-OH is 3. The van der Waals surface area contributed by atoms with Gasteiger partial charge in [0.2, 0.25) is 0 Å². The molecule has 4 N–H and O–H groups in total. The summed E-state index contributed by atoms with van der Waals surface area (Å²) in [5.74, 6) is -2.89. The first kappa shape index (κ1) is 20.8. The quantitative estimate of drug-likeness (QED) is 0.539. The van der Waals surface area contributed by atoms with Crippen LogP contribution in [-0.2, 0) is 9.59 Å². The molecule has 0 aromatic heterocycles. The van der Waals surface area contributed by atoms with Crippen molar-refractivity contribution in [3.63, 3.8) is 0 Å². The Hall–Kier alpha value is -1.41. The van der Waals surface area contributed by atoms with Crippen LogP contribution in [0.3, 0.4) is 0 Å². The predicted octanol–water partition coefficient (Wildman–Crippen LogP) is 0.866. The van der Waals surface area contributed by atoms with Crippen LogP contribution in [0.25, 0.3) is 0 Å². The zero-order valence-electron chi connectivity index (χ0n) is 16.9. The second-order valence-electron chi connectivity index (χ2n) is 9.89. The van der Waals surface area contributed by atoms with Gasteiger partial charge in [0.1, 0.15) is 12.2 Å². The molecule has 0 spiro atoms. The normalized spacial score (nSPS) is 53.7. The molecule has 0 amide bonds. The lowest BCUT2D eigenvalue weighted by Gasteiger charge is -2.63. The van der Waals surface area contributed by atoms with Gasteiger partial charge in [-0.15, -0.1) is 0 Å². The minimum Gasteiger partial charge on any atom is -0.390 e. The Morgan fingerprint density at radius 2 is 1.90 bits per heavy atom. The van der Waals surface area contributed by atoms with Crippen molar-refractivity contribution < 1.29 is 34.4 Å². The van der Waals surface area contributed by atoms with Gasteiger partial charge in [0.25, 0.3) is 0 Å². The fourth-order valence-electron chi connectivity index (χ4n) is 7.30. The molecule has 0 aliphatic heterocycles. The third-order valence-corrected chi connectivity index (χ3v) is 8.82. The van der Waals surface area contributed by atoms with Gasteiger partial charge in [-0.1, -0.05) is 19.9 Å². The average Bonchev–Trinajstić information content (AvgIpc) is 2.86. The van der Waals surface area contributed by atoms with Crippen molar-refractivity contribution in [2.45, 2.75) is 63.5 Å². The van der Waals surface area contributed by atoms with Crippen molar-refractivity contribution in [1.29, 1.82) is 0 Å². The second-order valence-corrected chi connectivity index (χ2v) is 9.89. The molecule has 9 atom stereocenters. The number of carbonyl (C=O) groups excluding carboxylic acids is 2. The van der Waals surface area contributed by atoms with Crippen LogP contribution in [0, 0.1) is 28.6 Å². The van der Waals surface area contributed by atoms with Crippen molar-refractivity contribution in [3.05, 3.63) is 23.8 Å². The maximum Gasteiger partial charge on any atom is 0.190 e. The van der Waals surface area contributed by atoms with Crippen LogP contribution in [0.5, 0.6) is 0 Å². The molecule has 0 saturated heterocycles. The van der Waals surface area contributed by atoms with Crippen LogP contribution in [0.4, 0.5) is 4.39 Å². The molecule has 0 aromatic rings. The highest BCUT2D eigenvalue weighted by atomic mass is 19.1. The van der Waals surface area contributed by atoms with E-state index in [4.69, 9.17) is 0 Å². The number of carbonyl (C=O) groups is 2. The van der Waals surface area contributed by atoms with E-state index >= 15 is 4.39 Å². The Kier molecular flexibility index (Phi) is 4.36. The molecule has 0 aromatic carbocycles. The van der Waals surface area contributed by atoms with Crippen LogP contribution in [-0.4, -0.2) is 62.1 Å². The molecule has 0 heterocycles. The van der Waals surface area contributed by atoms with Gasteiger partial charge in [-0.3, -0.25) is 9.59 Å². The highest BCUT2D eigenvalue weighted by Gasteiger charge is 2.76. The smallest absolute Gasteiger partial charge is 0.190 e. The lowest BCUT2D eigenvalue weighted by Crippen LogP contribution is -2.70. The number of alkyl halides is 1. The third kappa shape index (κ3) is 2.19. The number of fused-ring (bicyclic) bond motifs is 5. The molecule has 0 radical (unpaired) electrons. The molecule has 160 valence electrons. The van der Waals surface area contributed by atoms with Crippen molar-refractivity contribution in [2.75, 3.05) is 6.61 Å². The highest BCUT2D eigenvalue weighted by molar-refractivity contribution is 6.01. The zero-order chi connectivity index (χ0) is 21.6. The molecule has 7 heteroatoms. The number of halogens is 1. The van der Waals surface area contributed by atoms with E-state index in [1.165, 1.54) is 18.2 Å². The number of ketones is 2. The lowest BCUT2D eigenvalue weighted by molar-refractivity contribution is -0.226. The standard InChI is InChI=1S/C22H29FO6/c1-11-6-13-14-8-16(26)15-7-12(25)4-5-19(15,2)21(14,23)17(27)9-20(13,3)22(11,29)18(28)10-24/h4-5,7,11,13-14,16-17,24,26-27,29H,6,8-10H2,1-3H3/t11-,13-,14-,16+,17-,19-,20-,21?,22-/m0/s1. The molecule has 6 nitrogen and oxygen atoms in total. The number of aliphatic hydroxyl groups is 4. The third-order valence-electron chi connectivity index (χ3n) is 8.82. The molecular formula is C22H29FO6. The molecule has 1 unspecified atom stereocenters. The summed E-state index contributed by atoms with van der Waals surface area (Å²) in [4.78, 5) is 24.4. The fourth-order valence-corrected chi connectivity index (χ4v) is 7.30. The topological polar surface area (TPSA) is 115 Å². The van der Waals surface area contributed by atoms with E-state index in [-0.39, 0.29) is 24.2 Å². The van der Waals surface area contributed by atoms with Crippen molar-refractivity contribution in [1.82, 2.24) is 0 Å². The maximum atomic E-state index is 16.9. The minimum absolute atomic E-state index is 0.00746. The van der Waals surface area contributed by atoms with Crippen molar-refractivity contribution >= 4 is 11.6 Å². The van der Waals surface area contributed by atoms with Crippen LogP contribution < -0.4 is 0 Å². The number of Topliss-reactive ketones (excluding diaryl/α,β-unsaturated/α-hetero) is 1. The van der Waals surface area contributed by atoms with Gasteiger partial charge in [-0.25, -0.2) is 4.39 Å². The lowest BCUT2D eigenvalue weighted by atomic mass is 9.44. The van der Waals surface area contributed by atoms with E-state index in [1.807, 2.05) is 0 Å². The van der Waals surface area contributed by atoms with Gasteiger partial charge in [0, 0.05) is 16.7 Å². The van der Waals surface area contributed by atoms with Gasteiger partial charge < -0.3 is 20.4 Å². The Bertz CT molecular complexity index is 837. The molecule has 0 bridgehead atoms. The van der Waals surface area contributed by atoms with Crippen LogP contribution in [0.1, 0.15) is 40.0 Å². The SMILES string of the molecule is C[C@H]1C[C@H]2[C@@H]3C[C@@H](O)C4=CC(=O)C=C[C@]4(C)C3(F)[C@@H](O)C[C@]2(C)[C@@]1(O)C(=O)CO. The van der Waals surface area contributed by atoms with Crippen LogP contribution in [0.2, 0.25) is 0 Å². The molecule has 4 aliphatic rings. The summed E-state index contributed by atoms with van der Waals surface area (Å²) >= 11 is 0. The van der Waals surface area contributed by atoms with Gasteiger partial charge >= 0.3 is 0 Å². The van der Waals surface area contributed by atoms with Gasteiger partial charge in [0.05, 0.1) is 12.2 Å². The predicted molar refractivity (Wildman–Crippen MR) is 101 cm³/mol. The highest BCUT2D eigenvalue weighted by Crippen LogP contribution is 2.70. The monoisotopic (exact) mass is 408 g/mol. The molecule has 4 aliphatic carbocycles. The first-order valence-electron chi connectivity index (χ1n) is 10.2. The summed E-state index contributed by atoms with van der Waals surface area (Å²) in [5.41, 5.74) is -6.28. The van der Waals surface area contributed by atoms with E-state index in [1.54, 1.807) is 20.8 Å². The Balaban J connectivity index is 1.87. The summed E-state index contributed by atoms with van der Waals surface area (Å²) in [5, 5.41) is 42.8. The minimum atomic E-state index is -2.16. The Morgan fingerprint density at radius 1 is 1.24 bits per heavy atom. The molecule has 3 saturated carbocycles. The van der Waals surface area contributed by atoms with Crippen LogP contribution in [0.15, 0.2) is 23.8 Å².